The number of hydrogen-bond acceptors (Lipinski definition) is 6. The Kier molecular flexibility index (Phi) is 13.1. The Hall–Kier alpha value is -2.83. The van der Waals surface area contributed by atoms with Crippen molar-refractivity contribution in [3.8, 4) is 0 Å². The number of rotatable bonds is 13. The third kappa shape index (κ3) is 12.4. The number of carbonyl (C=O) groups excluding carboxylic acids is 3. The number of nitrogens with one attached hydrogen (secondary N) is 1. The Bertz CT molecular complexity index is 828. The summed E-state index contributed by atoms with van der Waals surface area (Å²) in [5, 5.41) is 2.52. The molecule has 0 spiro atoms. The number of amides is 1. The molecular weight excluding hydrogens is 446 g/mol. The van der Waals surface area contributed by atoms with E-state index < -0.39 is 17.7 Å². The van der Waals surface area contributed by atoms with Crippen molar-refractivity contribution >= 4 is 18.0 Å². The third-order valence-corrected chi connectivity index (χ3v) is 5.72. The first-order valence-electron chi connectivity index (χ1n) is 12.5. The number of alkyl carbamates (subject to hydrolysis) is 1. The molecule has 1 amide bonds. The fourth-order valence-corrected chi connectivity index (χ4v) is 4.18. The highest BCUT2D eigenvalue weighted by molar-refractivity contribution is 5.92. The lowest BCUT2D eigenvalue weighted by Gasteiger charge is -2.32. The van der Waals surface area contributed by atoms with Gasteiger partial charge in [0, 0.05) is 6.92 Å². The normalized spacial score (nSPS) is 14.4. The van der Waals surface area contributed by atoms with Crippen molar-refractivity contribution in [2.45, 2.75) is 91.8 Å². The van der Waals surface area contributed by atoms with Crippen LogP contribution in [-0.4, -0.2) is 36.8 Å². The highest BCUT2D eigenvalue weighted by Crippen LogP contribution is 2.31. The van der Waals surface area contributed by atoms with Crippen LogP contribution in [0.15, 0.2) is 42.1 Å². The standard InChI is InChI=1S/C28H43NO6/c1-8-9-17-24(20(2)34-21(3)30)23(19-22-14-11-10-12-15-22)16-13-18-25(26(31)33-7)29-27(32)35-28(4,5)6/h10-12,14-15,18,20,23-24H,8-9,13,16-17,19H2,1-7H3,(H,29,32)/t20-,23?,24?/m0/s1. The second kappa shape index (κ2) is 15.2. The number of methoxy groups -OCH3 is 1. The predicted molar refractivity (Wildman–Crippen MR) is 137 cm³/mol. The molecule has 1 aromatic rings. The number of esters is 2. The zero-order valence-corrected chi connectivity index (χ0v) is 22.4. The minimum absolute atomic E-state index is 0.0540. The molecule has 1 aromatic carbocycles. The van der Waals surface area contributed by atoms with Crippen LogP contribution in [0.25, 0.3) is 0 Å². The Balaban J connectivity index is 3.12. The molecule has 0 radical (unpaired) electrons. The van der Waals surface area contributed by atoms with Crippen LogP contribution in [0.3, 0.4) is 0 Å². The van der Waals surface area contributed by atoms with E-state index in [9.17, 15) is 14.4 Å². The molecule has 0 aliphatic heterocycles. The first-order chi connectivity index (χ1) is 16.5. The predicted octanol–water partition coefficient (Wildman–Crippen LogP) is 5.97. The monoisotopic (exact) mass is 489 g/mol. The van der Waals surface area contributed by atoms with E-state index in [-0.39, 0.29) is 29.6 Å². The molecule has 0 fully saturated rings. The maximum absolute atomic E-state index is 12.3. The van der Waals surface area contributed by atoms with E-state index in [0.717, 1.165) is 32.1 Å². The molecule has 7 heteroatoms. The molecule has 7 nitrogen and oxygen atoms in total. The quantitative estimate of drug-likeness (QED) is 0.209. The van der Waals surface area contributed by atoms with Crippen LogP contribution in [0, 0.1) is 11.8 Å². The molecule has 2 unspecified atom stereocenters. The summed E-state index contributed by atoms with van der Waals surface area (Å²) in [6.45, 7) is 10.8. The zero-order chi connectivity index (χ0) is 26.4. The van der Waals surface area contributed by atoms with Gasteiger partial charge in [0.2, 0.25) is 0 Å². The minimum atomic E-state index is -0.709. The van der Waals surface area contributed by atoms with Crippen LogP contribution in [0.4, 0.5) is 4.79 Å². The molecule has 0 aliphatic rings. The number of hydrogen-bond donors (Lipinski definition) is 1. The lowest BCUT2D eigenvalue weighted by atomic mass is 9.78. The SMILES string of the molecule is CCCCC(C(CCC=C(NC(=O)OC(C)(C)C)C(=O)OC)Cc1ccccc1)[C@H](C)OC(C)=O. The summed E-state index contributed by atoms with van der Waals surface area (Å²) >= 11 is 0. The van der Waals surface area contributed by atoms with E-state index in [2.05, 4.69) is 24.4 Å². The highest BCUT2D eigenvalue weighted by atomic mass is 16.6. The van der Waals surface area contributed by atoms with Gasteiger partial charge in [-0.15, -0.1) is 0 Å². The Morgan fingerprint density at radius 3 is 2.29 bits per heavy atom. The number of ether oxygens (including phenoxy) is 3. The van der Waals surface area contributed by atoms with Crippen molar-refractivity contribution in [1.82, 2.24) is 5.32 Å². The summed E-state index contributed by atoms with van der Waals surface area (Å²) in [6, 6.07) is 10.2. The Morgan fingerprint density at radius 1 is 1.09 bits per heavy atom. The fourth-order valence-electron chi connectivity index (χ4n) is 4.18. The van der Waals surface area contributed by atoms with Gasteiger partial charge in [-0.25, -0.2) is 9.59 Å². The maximum atomic E-state index is 12.3. The molecule has 0 aromatic heterocycles. The van der Waals surface area contributed by atoms with Crippen molar-refractivity contribution in [3.63, 3.8) is 0 Å². The van der Waals surface area contributed by atoms with E-state index >= 15 is 0 Å². The van der Waals surface area contributed by atoms with Gasteiger partial charge in [0.15, 0.2) is 0 Å². The van der Waals surface area contributed by atoms with Gasteiger partial charge in [0.1, 0.15) is 17.4 Å². The second-order valence-electron chi connectivity index (χ2n) is 9.88. The van der Waals surface area contributed by atoms with Gasteiger partial charge in [0.25, 0.3) is 0 Å². The lowest BCUT2D eigenvalue weighted by Crippen LogP contribution is -2.34. The van der Waals surface area contributed by atoms with Gasteiger partial charge < -0.3 is 14.2 Å². The average molecular weight is 490 g/mol. The van der Waals surface area contributed by atoms with E-state index in [1.165, 1.54) is 19.6 Å². The van der Waals surface area contributed by atoms with Crippen LogP contribution >= 0.6 is 0 Å². The smallest absolute Gasteiger partial charge is 0.412 e. The summed E-state index contributed by atoms with van der Waals surface area (Å²) in [5.41, 5.74) is 0.572. The van der Waals surface area contributed by atoms with Crippen LogP contribution in [-0.2, 0) is 30.2 Å². The lowest BCUT2D eigenvalue weighted by molar-refractivity contribution is -0.149. The summed E-state index contributed by atoms with van der Waals surface area (Å²) < 4.78 is 15.7. The first kappa shape index (κ1) is 30.2. The van der Waals surface area contributed by atoms with Crippen molar-refractivity contribution in [2.75, 3.05) is 7.11 Å². The molecule has 0 heterocycles. The van der Waals surface area contributed by atoms with Crippen LogP contribution < -0.4 is 5.32 Å². The van der Waals surface area contributed by atoms with Crippen molar-refractivity contribution in [3.05, 3.63) is 47.7 Å². The maximum Gasteiger partial charge on any atom is 0.412 e. The number of carbonyl (C=O) groups is 3. The van der Waals surface area contributed by atoms with Crippen molar-refractivity contribution in [1.29, 1.82) is 0 Å². The summed E-state index contributed by atoms with van der Waals surface area (Å²) in [4.78, 5) is 36.2. The molecule has 3 atom stereocenters. The number of benzene rings is 1. The summed E-state index contributed by atoms with van der Waals surface area (Å²) in [5.74, 6) is -0.555. The average Bonchev–Trinajstić information content (AvgIpc) is 2.76. The molecule has 196 valence electrons. The molecule has 0 saturated carbocycles. The highest BCUT2D eigenvalue weighted by Gasteiger charge is 2.28. The third-order valence-electron chi connectivity index (χ3n) is 5.72. The van der Waals surface area contributed by atoms with E-state index in [4.69, 9.17) is 14.2 Å². The van der Waals surface area contributed by atoms with Gasteiger partial charge >= 0.3 is 18.0 Å². The van der Waals surface area contributed by atoms with Gasteiger partial charge in [-0.1, -0.05) is 56.2 Å². The van der Waals surface area contributed by atoms with Gasteiger partial charge in [-0.3, -0.25) is 10.1 Å². The second-order valence-corrected chi connectivity index (χ2v) is 9.88. The van der Waals surface area contributed by atoms with Crippen molar-refractivity contribution < 1.29 is 28.6 Å². The summed E-state index contributed by atoms with van der Waals surface area (Å²) in [6.07, 6.45) is 5.86. The van der Waals surface area contributed by atoms with Crippen LogP contribution in [0.2, 0.25) is 0 Å². The number of allylic oxidation sites excluding steroid dienone is 1. The zero-order valence-electron chi connectivity index (χ0n) is 22.4. The molecule has 35 heavy (non-hydrogen) atoms. The van der Waals surface area contributed by atoms with E-state index in [1.807, 2.05) is 25.1 Å². The largest absolute Gasteiger partial charge is 0.464 e. The molecule has 1 rings (SSSR count). The molecular formula is C28H43NO6. The van der Waals surface area contributed by atoms with Gasteiger partial charge in [0.05, 0.1) is 7.11 Å². The minimum Gasteiger partial charge on any atom is -0.464 e. The Morgan fingerprint density at radius 2 is 1.74 bits per heavy atom. The molecule has 0 aliphatic carbocycles. The van der Waals surface area contributed by atoms with E-state index in [1.54, 1.807) is 26.8 Å². The van der Waals surface area contributed by atoms with Gasteiger partial charge in [-0.05, 0) is 70.8 Å². The van der Waals surface area contributed by atoms with Gasteiger partial charge in [-0.2, -0.15) is 0 Å². The van der Waals surface area contributed by atoms with E-state index in [0.29, 0.717) is 6.42 Å². The topological polar surface area (TPSA) is 90.9 Å². The molecule has 0 bridgehead atoms. The summed E-state index contributed by atoms with van der Waals surface area (Å²) in [7, 11) is 1.27. The van der Waals surface area contributed by atoms with Crippen LogP contribution in [0.1, 0.15) is 79.2 Å². The van der Waals surface area contributed by atoms with Crippen molar-refractivity contribution in [2.24, 2.45) is 11.8 Å². The number of unbranched alkanes of at least 4 members (excludes halogenated alkanes) is 1. The Labute approximate surface area is 210 Å². The molecule has 1 N–H and O–H groups in total. The molecule has 0 saturated heterocycles. The van der Waals surface area contributed by atoms with Crippen LogP contribution in [0.5, 0.6) is 0 Å². The fraction of sp³-hybridized carbons (Fsp3) is 0.607. The first-order valence-corrected chi connectivity index (χ1v) is 12.5.